The largest absolute Gasteiger partial charge is 0.481 e. The van der Waals surface area contributed by atoms with Gasteiger partial charge in [-0.25, -0.2) is 105 Å². The first kappa shape index (κ1) is 106. The summed E-state index contributed by atoms with van der Waals surface area (Å²) in [5, 5.41) is 0. The Bertz CT molecular complexity index is 6840. The topological polar surface area (TPSA) is 625 Å². The number of nitrogens with two attached hydrogens (primary N) is 7. The van der Waals surface area contributed by atoms with Crippen LogP contribution in [0.1, 0.15) is 55.3 Å². The third kappa shape index (κ3) is 32.7. The van der Waals surface area contributed by atoms with Gasteiger partial charge >= 0.3 is 0 Å². The van der Waals surface area contributed by atoms with Gasteiger partial charge in [0.05, 0.1) is 133 Å². The molecule has 48 heteroatoms. The molecule has 0 aliphatic heterocycles. The molecule has 0 amide bonds. The molecule has 0 unspecified atom stereocenters. The number of nitrogen functional groups attached to an aromatic ring is 7. The van der Waals surface area contributed by atoms with Gasteiger partial charge in [0.15, 0.2) is 23.1 Å². The number of carbonyl (C=O) groups is 4. The van der Waals surface area contributed by atoms with Gasteiger partial charge in [-0.1, -0.05) is 0 Å². The van der Waals surface area contributed by atoms with E-state index < -0.39 is 0 Å². The molecule has 0 bridgehead atoms. The van der Waals surface area contributed by atoms with E-state index in [1.807, 2.05) is 46.4 Å². The van der Waals surface area contributed by atoms with Gasteiger partial charge < -0.3 is 88.1 Å². The number of hydrogen-bond acceptors (Lipinski definition) is 42. The molecule has 137 heavy (non-hydrogen) atoms. The van der Waals surface area contributed by atoms with Gasteiger partial charge in [-0.2, -0.15) is 0 Å². The number of nitrogens with zero attached hydrogens (tertiary/aromatic N) is 23. The molecule has 0 aromatic carbocycles. The maximum atomic E-state index is 12.1. The summed E-state index contributed by atoms with van der Waals surface area (Å²) < 4.78 is 39.8. The second-order valence-electron chi connectivity index (χ2n) is 27.2. The van der Waals surface area contributed by atoms with Crippen molar-refractivity contribution in [3.05, 3.63) is 263 Å². The summed E-state index contributed by atoms with van der Waals surface area (Å²) in [5.74, 6) is 3.71. The Hall–Kier alpha value is -16.1. The van der Waals surface area contributed by atoms with E-state index >= 15 is 0 Å². The molecular formula is C89H88Br5N31O12. The van der Waals surface area contributed by atoms with Crippen LogP contribution in [0.5, 0.6) is 41.2 Å². The zero-order chi connectivity index (χ0) is 100.0. The number of H-pyrrole nitrogens is 1. The molecule has 0 saturated heterocycles. The molecule has 15 rings (SSSR count). The van der Waals surface area contributed by atoms with Crippen LogP contribution in [0.15, 0.2) is 236 Å². The number of rotatable bonds is 22. The predicted octanol–water partition coefficient (Wildman–Crippen LogP) is 13.0. The second kappa shape index (κ2) is 53.0. The summed E-state index contributed by atoms with van der Waals surface area (Å²) in [6.45, 7) is 2.95. The standard InChI is InChI=1S/C15H17N5O2.C14H13N7O.C13H11N7O.C12H12N4O2.C11H13BrN2O2.C10H9BrN4O.C8H8BrNO2.C6H5Br2NO/c1-20(2)7-5-13(21)10-8-11(14(22-3)18-9-10)12-4-6-17-15(16)19-12;1-22-12-9(11-3-5-18-14(16)21-11)6-8(7-19-12)10-2-4-17-13(15)20-10;14-12-16-3-1-9(19-12)7-5-8(11(21)18-6-7)10-2-4-17-13(15)20-10;1-7(17)8-5-9(11(18-2)15-6-8)10-3-4-14-12(13)16-10;1-14(2)5-4-10(15)9-6-8(12)7-13-11(9)16-3;1-16-9-7(4-6(11)5-14-9)8-2-3-13-10(12)15-8;1-5(11)7-3-6(9)4-10-8(7)12-2;1-10-6-5(8)2-4(7)3-9-6/h4-9H,1-3H3,(H2,16,17,19);2-7H,1H3,(H2,15,17,20)(H2,16,18,21);1-6H,(H,18,21)(H2,14,16,19)(H2,15,17,20);3-6H,1-2H3,(H2,13,14,16);4-7H,1-3H3;2-5H,1H3,(H2,12,13,15);3-4H,1-2H3;2-3H,1H3/b7-5+;;;;5-4+;;;. The molecule has 15 N–H and O–H groups in total. The third-order valence-electron chi connectivity index (χ3n) is 17.1. The highest BCUT2D eigenvalue weighted by Gasteiger charge is 2.20. The lowest BCUT2D eigenvalue weighted by Gasteiger charge is -2.09. The van der Waals surface area contributed by atoms with Gasteiger partial charge in [-0.05, 0) is 184 Å². The number of anilines is 7. The first-order valence-corrected chi connectivity index (χ1v) is 43.2. The highest BCUT2D eigenvalue weighted by Crippen LogP contribution is 2.35. The van der Waals surface area contributed by atoms with E-state index in [0.29, 0.717) is 131 Å². The summed E-state index contributed by atoms with van der Waals surface area (Å²) in [6.07, 6.45) is 29.8. The molecular weight excluding hydrogens is 2090 g/mol. The van der Waals surface area contributed by atoms with Crippen LogP contribution in [0, 0.1) is 0 Å². The van der Waals surface area contributed by atoms with Crippen molar-refractivity contribution in [1.82, 2.24) is 119 Å². The Morgan fingerprint density at radius 3 is 0.985 bits per heavy atom. The lowest BCUT2D eigenvalue weighted by Crippen LogP contribution is -2.10. The fraction of sp³-hybridized carbons (Fsp3) is 0.146. The molecule has 0 radical (unpaired) electrons. The van der Waals surface area contributed by atoms with E-state index in [0.717, 1.165) is 33.5 Å². The Morgan fingerprint density at radius 2 is 0.606 bits per heavy atom. The molecule has 0 saturated carbocycles. The van der Waals surface area contributed by atoms with Gasteiger partial charge in [-0.3, -0.25) is 24.0 Å². The van der Waals surface area contributed by atoms with E-state index in [1.165, 1.54) is 85.4 Å². The minimum atomic E-state index is -0.279. The molecule has 0 aliphatic rings. The average Bonchev–Trinajstić information content (AvgIpc) is 0.806. The minimum absolute atomic E-state index is 0.0550. The van der Waals surface area contributed by atoms with Gasteiger partial charge in [0.2, 0.25) is 82.8 Å². The van der Waals surface area contributed by atoms with E-state index in [2.05, 4.69) is 189 Å². The van der Waals surface area contributed by atoms with Crippen molar-refractivity contribution in [2.75, 3.05) is 118 Å². The SMILES string of the molecule is COc1ncc(-c2ccnc(N)n2)cc1-c1ccnc(N)n1.COc1ncc(Br)cc1-c1ccnc(N)n1.COc1ncc(Br)cc1Br.COc1ncc(Br)cc1C(=O)/C=C/N(C)C.COc1ncc(Br)cc1C(C)=O.COc1ncc(C(=O)/C=C/N(C)C)cc1-c1ccnc(N)n1.COc1ncc(C(C)=O)cc1-c1ccnc(N)n1.Nc1nccc(-c2c[nH]c(=O)c(-c3ccnc(N)n3)c2)n1. The predicted molar refractivity (Wildman–Crippen MR) is 533 cm³/mol. The number of nitrogens with one attached hydrogen (secondary N) is 1. The summed E-state index contributed by atoms with van der Waals surface area (Å²) >= 11 is 16.4. The fourth-order valence-electron chi connectivity index (χ4n) is 10.9. The first-order valence-electron chi connectivity index (χ1n) is 39.3. The molecule has 0 atom stereocenters. The molecule has 15 aromatic rings. The van der Waals surface area contributed by atoms with E-state index in [-0.39, 0.29) is 70.3 Å². The second-order valence-corrected chi connectivity index (χ2v) is 31.8. The zero-order valence-electron chi connectivity index (χ0n) is 75.2. The number of aromatic amines is 1. The summed E-state index contributed by atoms with van der Waals surface area (Å²) in [6, 6.07) is 25.9. The van der Waals surface area contributed by atoms with Crippen molar-refractivity contribution in [2.24, 2.45) is 0 Å². The quantitative estimate of drug-likeness (QED) is 0.0231. The number of hydrogen-bond donors (Lipinski definition) is 8. The maximum Gasteiger partial charge on any atom is 0.257 e. The monoisotopic (exact) mass is 2180 g/mol. The van der Waals surface area contributed by atoms with Crippen molar-refractivity contribution in [1.29, 1.82) is 0 Å². The van der Waals surface area contributed by atoms with Crippen LogP contribution in [-0.2, 0) is 0 Å². The van der Waals surface area contributed by atoms with Crippen molar-refractivity contribution in [2.45, 2.75) is 13.8 Å². The van der Waals surface area contributed by atoms with Gasteiger partial charge in [0.25, 0.3) is 5.56 Å². The molecule has 15 heterocycles. The van der Waals surface area contributed by atoms with Crippen molar-refractivity contribution < 1.29 is 52.3 Å². The van der Waals surface area contributed by atoms with Crippen LogP contribution in [-0.4, -0.2) is 221 Å². The zero-order valence-corrected chi connectivity index (χ0v) is 83.2. The van der Waals surface area contributed by atoms with Crippen molar-refractivity contribution in [3.8, 4) is 120 Å². The Kier molecular flexibility index (Phi) is 41.1. The molecule has 15 aromatic heterocycles. The molecule has 0 aliphatic carbocycles. The molecule has 43 nitrogen and oxygen atoms in total. The smallest absolute Gasteiger partial charge is 0.257 e. The van der Waals surface area contributed by atoms with E-state index in [9.17, 15) is 24.0 Å². The Labute approximate surface area is 825 Å². The van der Waals surface area contributed by atoms with E-state index in [1.54, 1.807) is 178 Å². The summed E-state index contributed by atoms with van der Waals surface area (Å²) in [4.78, 5) is 149. The Balaban J connectivity index is 0.000000194. The number of pyridine rings is 8. The first-order chi connectivity index (χ1) is 65.5. The van der Waals surface area contributed by atoms with Crippen LogP contribution in [0.25, 0.3) is 78.8 Å². The number of Topliss-reactive ketones (excluding diaryl/α,β-unsaturated/α-hetero) is 2. The number of methoxy groups -OCH3 is 7. The summed E-state index contributed by atoms with van der Waals surface area (Å²) in [5.41, 5.74) is 49.2. The van der Waals surface area contributed by atoms with Gasteiger partial charge in [-0.15, -0.1) is 0 Å². The number of carbonyl (C=O) groups excluding carboxylic acids is 4. The number of aromatic nitrogens is 22. The number of ether oxygens (including phenoxy) is 7. The highest BCUT2D eigenvalue weighted by atomic mass is 79.9. The average molecular weight is 2180 g/mol. The minimum Gasteiger partial charge on any atom is -0.481 e. The van der Waals surface area contributed by atoms with Crippen molar-refractivity contribution >= 4 is 144 Å². The van der Waals surface area contributed by atoms with Crippen LogP contribution < -0.4 is 78.9 Å². The molecule has 0 spiro atoms. The lowest BCUT2D eigenvalue weighted by molar-refractivity contribution is 0.100. The molecule has 0 fully saturated rings. The van der Waals surface area contributed by atoms with Crippen molar-refractivity contribution in [3.63, 3.8) is 0 Å². The van der Waals surface area contributed by atoms with Gasteiger partial charge in [0.1, 0.15) is 0 Å². The van der Waals surface area contributed by atoms with Gasteiger partial charge in [0, 0.05) is 186 Å². The number of ketones is 4. The van der Waals surface area contributed by atoms with Crippen LogP contribution in [0.3, 0.4) is 0 Å². The van der Waals surface area contributed by atoms with E-state index in [4.69, 9.17) is 73.3 Å². The fourth-order valence-corrected chi connectivity index (χ4v) is 13.1. The van der Waals surface area contributed by atoms with Crippen LogP contribution >= 0.6 is 79.6 Å². The van der Waals surface area contributed by atoms with Crippen LogP contribution in [0.2, 0.25) is 0 Å². The highest BCUT2D eigenvalue weighted by molar-refractivity contribution is 9.11. The lowest BCUT2D eigenvalue weighted by atomic mass is 10.1. The normalized spacial score (nSPS) is 10.3. The Morgan fingerprint density at radius 1 is 0.314 bits per heavy atom. The molecule has 706 valence electrons. The van der Waals surface area contributed by atoms with Crippen LogP contribution in [0.4, 0.5) is 41.6 Å². The number of halogens is 5. The number of allylic oxidation sites excluding steroid dienone is 2. The summed E-state index contributed by atoms with van der Waals surface area (Å²) in [7, 11) is 18.0. The third-order valence-corrected chi connectivity index (χ3v) is 19.4. The maximum absolute atomic E-state index is 12.1.